The Kier molecular flexibility index (Phi) is 3.89. The molecule has 2 aromatic carbocycles. The lowest BCUT2D eigenvalue weighted by Gasteiger charge is -2.48. The van der Waals surface area contributed by atoms with Crippen molar-refractivity contribution in [1.82, 2.24) is 0 Å². The number of ketones is 2. The second-order valence-corrected chi connectivity index (χ2v) is 8.42. The maximum atomic E-state index is 13.4. The van der Waals surface area contributed by atoms with Gasteiger partial charge in [-0.25, -0.2) is 0 Å². The molecule has 29 heavy (non-hydrogen) atoms. The number of Topliss-reactive ketones (excluding diaryl/α,β-unsaturated/α-hetero) is 2. The first-order valence-corrected chi connectivity index (χ1v) is 10.1. The molecule has 0 aromatic heterocycles. The minimum Gasteiger partial charge on any atom is -0.478 e. The van der Waals surface area contributed by atoms with Crippen LogP contribution in [0.5, 0.6) is 11.5 Å². The molecule has 0 amide bonds. The van der Waals surface area contributed by atoms with Gasteiger partial charge in [0.2, 0.25) is 5.78 Å². The van der Waals surface area contributed by atoms with Crippen LogP contribution in [0.3, 0.4) is 0 Å². The summed E-state index contributed by atoms with van der Waals surface area (Å²) in [5.74, 6) is 0.584. The number of benzene rings is 2. The molecule has 6 heteroatoms. The first-order chi connectivity index (χ1) is 13.9. The highest BCUT2D eigenvalue weighted by Gasteiger charge is 2.67. The molecule has 1 spiro atoms. The summed E-state index contributed by atoms with van der Waals surface area (Å²) in [6.07, 6.45) is 1.76. The number of fused-ring (bicyclic) bond motifs is 4. The fourth-order valence-corrected chi connectivity index (χ4v) is 5.06. The van der Waals surface area contributed by atoms with Gasteiger partial charge in [0.15, 0.2) is 17.0 Å². The Bertz CT molecular complexity index is 1120. The normalized spacial score (nSPS) is 26.9. The van der Waals surface area contributed by atoms with Crippen molar-refractivity contribution in [3.05, 3.63) is 75.5 Å². The molecule has 146 valence electrons. The molecule has 0 radical (unpaired) electrons. The lowest BCUT2D eigenvalue weighted by molar-refractivity contribution is -0.160. The van der Waals surface area contributed by atoms with Gasteiger partial charge in [-0.2, -0.15) is 0 Å². The van der Waals surface area contributed by atoms with E-state index in [2.05, 4.69) is 15.9 Å². The fraction of sp³-hybridized carbons (Fsp3) is 0.217. The standard InChI is InChI=1S/C23H17BrO5/c1-13(25)11-22(27)21(26)19(24)20-16(10-14-6-2-4-8-17(14)28-20)23(22)12-15-7-3-5-9-18(15)29-23/h2-10,27H,11-12H2,1H3/t22-,23-/m0/s1. The topological polar surface area (TPSA) is 72.8 Å². The summed E-state index contributed by atoms with van der Waals surface area (Å²) < 4.78 is 12.5. The van der Waals surface area contributed by atoms with Crippen LogP contribution in [-0.4, -0.2) is 27.9 Å². The van der Waals surface area contributed by atoms with Crippen molar-refractivity contribution in [2.45, 2.75) is 31.0 Å². The molecule has 5 rings (SSSR count). The number of para-hydroxylation sites is 2. The molecule has 0 bridgehead atoms. The molecule has 2 aliphatic heterocycles. The van der Waals surface area contributed by atoms with Crippen LogP contribution in [0.2, 0.25) is 0 Å². The van der Waals surface area contributed by atoms with E-state index < -0.39 is 17.0 Å². The summed E-state index contributed by atoms with van der Waals surface area (Å²) >= 11 is 3.32. The van der Waals surface area contributed by atoms with Crippen LogP contribution in [0.25, 0.3) is 6.08 Å². The Morgan fingerprint density at radius 2 is 1.83 bits per heavy atom. The van der Waals surface area contributed by atoms with Gasteiger partial charge in [0, 0.05) is 24.0 Å². The van der Waals surface area contributed by atoms with Gasteiger partial charge in [-0.05, 0) is 46.6 Å². The van der Waals surface area contributed by atoms with E-state index in [4.69, 9.17) is 9.47 Å². The number of halogens is 1. The second kappa shape index (κ2) is 6.15. The lowest BCUT2D eigenvalue weighted by Crippen LogP contribution is -2.66. The maximum Gasteiger partial charge on any atom is 0.210 e. The fourth-order valence-electron chi connectivity index (χ4n) is 4.44. The lowest BCUT2D eigenvalue weighted by atomic mass is 9.65. The molecular formula is C23H17BrO5. The zero-order valence-corrected chi connectivity index (χ0v) is 17.2. The van der Waals surface area contributed by atoms with Crippen molar-refractivity contribution in [1.29, 1.82) is 0 Å². The largest absolute Gasteiger partial charge is 0.478 e. The highest BCUT2D eigenvalue weighted by molar-refractivity contribution is 9.12. The van der Waals surface area contributed by atoms with Crippen LogP contribution in [-0.2, 0) is 16.0 Å². The Balaban J connectivity index is 1.80. The van der Waals surface area contributed by atoms with Crippen LogP contribution >= 0.6 is 15.9 Å². The molecule has 2 aromatic rings. The Morgan fingerprint density at radius 3 is 2.55 bits per heavy atom. The van der Waals surface area contributed by atoms with Crippen molar-refractivity contribution >= 4 is 33.6 Å². The number of aliphatic hydroxyl groups is 1. The average molecular weight is 453 g/mol. The minimum absolute atomic E-state index is 0.104. The van der Waals surface area contributed by atoms with Gasteiger partial charge in [-0.15, -0.1) is 0 Å². The van der Waals surface area contributed by atoms with Gasteiger partial charge >= 0.3 is 0 Å². The van der Waals surface area contributed by atoms with Crippen molar-refractivity contribution < 1.29 is 24.2 Å². The van der Waals surface area contributed by atoms with Crippen LogP contribution in [0, 0.1) is 0 Å². The SMILES string of the molecule is CC(=O)C[C@]1(O)C(=O)C(Br)=C2Oc3ccccc3C=C2[C@@]12Cc1ccccc1O2. The molecule has 1 aliphatic carbocycles. The summed E-state index contributed by atoms with van der Waals surface area (Å²) in [4.78, 5) is 25.5. The molecule has 0 saturated heterocycles. The highest BCUT2D eigenvalue weighted by Crippen LogP contribution is 2.55. The summed E-state index contributed by atoms with van der Waals surface area (Å²) in [7, 11) is 0. The summed E-state index contributed by atoms with van der Waals surface area (Å²) in [5, 5.41) is 11.7. The molecule has 2 atom stereocenters. The average Bonchev–Trinajstić information content (AvgIpc) is 3.11. The van der Waals surface area contributed by atoms with E-state index in [-0.39, 0.29) is 23.1 Å². The third-order valence-electron chi connectivity index (χ3n) is 5.75. The predicted molar refractivity (Wildman–Crippen MR) is 110 cm³/mol. The van der Waals surface area contributed by atoms with Gasteiger partial charge in [0.05, 0.1) is 0 Å². The van der Waals surface area contributed by atoms with Crippen LogP contribution in [0.1, 0.15) is 24.5 Å². The molecule has 1 N–H and O–H groups in total. The van der Waals surface area contributed by atoms with Crippen LogP contribution in [0.4, 0.5) is 0 Å². The number of carbonyl (C=O) groups is 2. The Morgan fingerprint density at radius 1 is 1.14 bits per heavy atom. The quantitative estimate of drug-likeness (QED) is 0.751. The number of hydrogen-bond acceptors (Lipinski definition) is 5. The van der Waals surface area contributed by atoms with E-state index in [9.17, 15) is 14.7 Å². The Labute approximate surface area is 175 Å². The number of rotatable bonds is 2. The number of hydrogen-bond donors (Lipinski definition) is 1. The second-order valence-electron chi connectivity index (χ2n) is 7.62. The van der Waals surface area contributed by atoms with Crippen molar-refractivity contribution in [2.75, 3.05) is 0 Å². The van der Waals surface area contributed by atoms with Gasteiger partial charge in [-0.1, -0.05) is 36.4 Å². The molecule has 3 aliphatic rings. The van der Waals surface area contributed by atoms with Crippen molar-refractivity contribution in [3.8, 4) is 11.5 Å². The van der Waals surface area contributed by atoms with Crippen LogP contribution in [0.15, 0.2) is 64.3 Å². The first-order valence-electron chi connectivity index (χ1n) is 9.28. The summed E-state index contributed by atoms with van der Waals surface area (Å²) in [6, 6.07) is 14.8. The third kappa shape index (κ3) is 2.42. The highest BCUT2D eigenvalue weighted by atomic mass is 79.9. The van der Waals surface area contributed by atoms with E-state index in [0.29, 0.717) is 22.8 Å². The summed E-state index contributed by atoms with van der Waals surface area (Å²) in [6.45, 7) is 1.36. The zero-order chi connectivity index (χ0) is 20.4. The number of carbonyl (C=O) groups excluding carboxylic acids is 2. The minimum atomic E-state index is -2.07. The maximum absolute atomic E-state index is 13.4. The number of ether oxygens (including phenoxy) is 2. The van der Waals surface area contributed by atoms with Gasteiger partial charge in [0.25, 0.3) is 0 Å². The van der Waals surface area contributed by atoms with Crippen LogP contribution < -0.4 is 9.47 Å². The molecule has 5 nitrogen and oxygen atoms in total. The molecule has 0 unspecified atom stereocenters. The van der Waals surface area contributed by atoms with E-state index in [0.717, 1.165) is 11.1 Å². The van der Waals surface area contributed by atoms with E-state index in [1.165, 1.54) is 6.92 Å². The van der Waals surface area contributed by atoms with Crippen molar-refractivity contribution in [2.24, 2.45) is 0 Å². The smallest absolute Gasteiger partial charge is 0.210 e. The monoisotopic (exact) mass is 452 g/mol. The molecule has 0 fully saturated rings. The zero-order valence-electron chi connectivity index (χ0n) is 15.6. The molecular weight excluding hydrogens is 436 g/mol. The van der Waals surface area contributed by atoms with Gasteiger partial charge in [0.1, 0.15) is 21.8 Å². The van der Waals surface area contributed by atoms with Crippen molar-refractivity contribution in [3.63, 3.8) is 0 Å². The molecule has 0 saturated carbocycles. The van der Waals surface area contributed by atoms with Gasteiger partial charge < -0.3 is 14.6 Å². The summed E-state index contributed by atoms with van der Waals surface area (Å²) in [5.41, 5.74) is -1.31. The van der Waals surface area contributed by atoms with E-state index in [1.807, 2.05) is 48.5 Å². The molecule has 2 heterocycles. The van der Waals surface area contributed by atoms with Gasteiger partial charge in [-0.3, -0.25) is 9.59 Å². The first kappa shape index (κ1) is 18.3. The van der Waals surface area contributed by atoms with E-state index >= 15 is 0 Å². The van der Waals surface area contributed by atoms with E-state index in [1.54, 1.807) is 6.07 Å². The Hall–Kier alpha value is -2.70. The third-order valence-corrected chi connectivity index (χ3v) is 6.47. The predicted octanol–water partition coefficient (Wildman–Crippen LogP) is 3.74.